The highest BCUT2D eigenvalue weighted by Gasteiger charge is 2.16. The Hall–Kier alpha value is -4.25. The molecule has 2 heterocycles. The molecule has 0 atom stereocenters. The van der Waals surface area contributed by atoms with Crippen molar-refractivity contribution in [2.45, 2.75) is 13.5 Å². The Morgan fingerprint density at radius 3 is 2.62 bits per heavy atom. The number of imidazole rings is 1. The van der Waals surface area contributed by atoms with Crippen LogP contribution in [0, 0.1) is 17.0 Å². The van der Waals surface area contributed by atoms with Crippen LogP contribution in [0.25, 0.3) is 11.3 Å². The van der Waals surface area contributed by atoms with Gasteiger partial charge in [-0.15, -0.1) is 11.3 Å². The van der Waals surface area contributed by atoms with Crippen LogP contribution in [0.5, 0.6) is 11.5 Å². The number of thiazole rings is 1. The van der Waals surface area contributed by atoms with Crippen molar-refractivity contribution in [2.24, 2.45) is 5.10 Å². The smallest absolute Gasteiger partial charge is 0.342 e. The van der Waals surface area contributed by atoms with Gasteiger partial charge in [-0.05, 0) is 59.0 Å². The average molecular weight is 479 g/mol. The Bertz CT molecular complexity index is 1280. The van der Waals surface area contributed by atoms with E-state index in [4.69, 9.17) is 9.47 Å². The van der Waals surface area contributed by atoms with Crippen LogP contribution in [0.2, 0.25) is 0 Å². The maximum Gasteiger partial charge on any atom is 0.342 e. The molecule has 0 radical (unpaired) electrons. The van der Waals surface area contributed by atoms with E-state index in [0.717, 1.165) is 22.6 Å². The van der Waals surface area contributed by atoms with E-state index >= 15 is 0 Å². The minimum absolute atomic E-state index is 0.0449. The molecule has 0 aliphatic heterocycles. The Morgan fingerprint density at radius 2 is 1.91 bits per heavy atom. The fourth-order valence-corrected chi connectivity index (χ4v) is 3.83. The second-order valence-corrected chi connectivity index (χ2v) is 7.98. The predicted octanol–water partition coefficient (Wildman–Crippen LogP) is 4.76. The molecule has 1 N–H and O–H groups in total. The van der Waals surface area contributed by atoms with Gasteiger partial charge in [-0.25, -0.2) is 14.5 Å². The van der Waals surface area contributed by atoms with Gasteiger partial charge in [-0.3, -0.25) is 5.43 Å². The largest absolute Gasteiger partial charge is 0.497 e. The van der Waals surface area contributed by atoms with Gasteiger partial charge in [0.15, 0.2) is 5.82 Å². The minimum atomic E-state index is -0.451. The number of anilines is 1. The lowest BCUT2D eigenvalue weighted by Gasteiger charge is -2.06. The molecule has 4 aromatic rings. The number of hydrogen-bond acceptors (Lipinski definition) is 9. The van der Waals surface area contributed by atoms with Crippen molar-refractivity contribution < 1.29 is 14.4 Å². The molecule has 0 aliphatic carbocycles. The molecule has 174 valence electrons. The van der Waals surface area contributed by atoms with Gasteiger partial charge in [0.05, 0.1) is 19.0 Å². The number of aromatic nitrogens is 3. The van der Waals surface area contributed by atoms with E-state index in [1.807, 2.05) is 53.9 Å². The molecular weight excluding hydrogens is 456 g/mol. The van der Waals surface area contributed by atoms with Gasteiger partial charge in [0.1, 0.15) is 30.8 Å². The van der Waals surface area contributed by atoms with Gasteiger partial charge in [0, 0.05) is 17.9 Å². The Balaban J connectivity index is 1.27. The molecular formula is C23H22N6O4S. The number of nitrogens with zero attached hydrogens (tertiary/aromatic N) is 5. The highest BCUT2D eigenvalue weighted by atomic mass is 32.1. The lowest BCUT2D eigenvalue weighted by molar-refractivity contribution is -0.392. The topological polar surface area (TPSA) is 117 Å². The van der Waals surface area contributed by atoms with E-state index in [2.05, 4.69) is 20.5 Å². The first-order valence-corrected chi connectivity index (χ1v) is 11.2. The number of methoxy groups -OCH3 is 1. The first kappa shape index (κ1) is 22.9. The number of rotatable bonds is 10. The van der Waals surface area contributed by atoms with E-state index in [0.29, 0.717) is 23.3 Å². The van der Waals surface area contributed by atoms with Crippen LogP contribution < -0.4 is 14.9 Å². The molecule has 11 heteroatoms. The quantitative estimate of drug-likeness (QED) is 0.198. The number of nitrogens with one attached hydrogen (secondary N) is 1. The number of hydrogen-bond donors (Lipinski definition) is 1. The molecule has 0 bridgehead atoms. The third kappa shape index (κ3) is 5.56. The SMILES string of the molecule is COc1ccc(-c2csc(N/N=C/c3ccc(OCCn4c([N+](=O)[O-])cnc4C)cc3)n2)cc1. The van der Waals surface area contributed by atoms with Crippen molar-refractivity contribution in [3.05, 3.63) is 81.6 Å². The molecule has 0 saturated heterocycles. The number of nitro groups is 1. The lowest BCUT2D eigenvalue weighted by Crippen LogP contribution is -2.11. The van der Waals surface area contributed by atoms with E-state index in [9.17, 15) is 10.1 Å². The van der Waals surface area contributed by atoms with Gasteiger partial charge in [-0.2, -0.15) is 5.10 Å². The van der Waals surface area contributed by atoms with Gasteiger partial charge in [0.25, 0.3) is 0 Å². The van der Waals surface area contributed by atoms with Crippen molar-refractivity contribution in [3.8, 4) is 22.8 Å². The number of benzene rings is 2. The Kier molecular flexibility index (Phi) is 7.13. The third-order valence-electron chi connectivity index (χ3n) is 4.95. The van der Waals surface area contributed by atoms with E-state index in [1.54, 1.807) is 20.2 Å². The molecule has 0 spiro atoms. The maximum atomic E-state index is 11.0. The highest BCUT2D eigenvalue weighted by molar-refractivity contribution is 7.14. The van der Waals surface area contributed by atoms with E-state index in [1.165, 1.54) is 22.1 Å². The first-order chi connectivity index (χ1) is 16.5. The van der Waals surface area contributed by atoms with Crippen LogP contribution in [-0.4, -0.2) is 39.4 Å². The summed E-state index contributed by atoms with van der Waals surface area (Å²) in [5, 5.41) is 17.9. The number of aryl methyl sites for hydroxylation is 1. The predicted molar refractivity (Wildman–Crippen MR) is 131 cm³/mol. The van der Waals surface area contributed by atoms with Crippen molar-refractivity contribution in [1.29, 1.82) is 0 Å². The molecule has 0 amide bonds. The summed E-state index contributed by atoms with van der Waals surface area (Å²) in [5.41, 5.74) is 5.70. The molecule has 0 aliphatic rings. The third-order valence-corrected chi connectivity index (χ3v) is 5.70. The standard InChI is InChI=1S/C23H22N6O4S/c1-16-24-14-22(29(30)31)28(16)11-12-33-20-7-3-17(4-8-20)13-25-27-23-26-21(15-34-23)18-5-9-19(32-2)10-6-18/h3-10,13-15H,11-12H2,1-2H3,(H,26,27)/b25-13+. The zero-order chi connectivity index (χ0) is 23.9. The Labute approximate surface area is 199 Å². The molecule has 2 aromatic heterocycles. The second kappa shape index (κ2) is 10.6. The van der Waals surface area contributed by atoms with Crippen LogP contribution in [0.15, 0.2) is 65.2 Å². The summed E-state index contributed by atoms with van der Waals surface area (Å²) in [6, 6.07) is 15.1. The molecule has 10 nitrogen and oxygen atoms in total. The summed E-state index contributed by atoms with van der Waals surface area (Å²) in [6.07, 6.45) is 2.94. The van der Waals surface area contributed by atoms with Crippen molar-refractivity contribution >= 4 is 28.5 Å². The van der Waals surface area contributed by atoms with E-state index in [-0.39, 0.29) is 12.4 Å². The number of hydrazone groups is 1. The van der Waals surface area contributed by atoms with Crippen molar-refractivity contribution in [1.82, 2.24) is 14.5 Å². The fraction of sp³-hybridized carbons (Fsp3) is 0.174. The first-order valence-electron chi connectivity index (χ1n) is 10.3. The minimum Gasteiger partial charge on any atom is -0.497 e. The van der Waals surface area contributed by atoms with Crippen molar-refractivity contribution in [2.75, 3.05) is 19.1 Å². The zero-order valence-corrected chi connectivity index (χ0v) is 19.4. The normalized spacial score (nSPS) is 11.0. The summed E-state index contributed by atoms with van der Waals surface area (Å²) >= 11 is 1.47. The average Bonchev–Trinajstić information content (AvgIpc) is 3.47. The fourth-order valence-electron chi connectivity index (χ4n) is 3.16. The molecule has 0 fully saturated rings. The monoisotopic (exact) mass is 478 g/mol. The van der Waals surface area contributed by atoms with E-state index < -0.39 is 4.92 Å². The van der Waals surface area contributed by atoms with Gasteiger partial charge >= 0.3 is 5.82 Å². The van der Waals surface area contributed by atoms with Crippen LogP contribution in [0.4, 0.5) is 10.9 Å². The van der Waals surface area contributed by atoms with Crippen LogP contribution in [-0.2, 0) is 6.54 Å². The van der Waals surface area contributed by atoms with Gasteiger partial charge < -0.3 is 19.6 Å². The molecule has 0 saturated carbocycles. The molecule has 4 rings (SSSR count). The lowest BCUT2D eigenvalue weighted by atomic mass is 10.2. The maximum absolute atomic E-state index is 11.0. The summed E-state index contributed by atoms with van der Waals surface area (Å²) in [5.74, 6) is 1.99. The molecule has 2 aromatic carbocycles. The second-order valence-electron chi connectivity index (χ2n) is 7.13. The van der Waals surface area contributed by atoms with Gasteiger partial charge in [0.2, 0.25) is 5.13 Å². The summed E-state index contributed by atoms with van der Waals surface area (Å²) in [4.78, 5) is 19.1. The summed E-state index contributed by atoms with van der Waals surface area (Å²) < 4.78 is 12.4. The van der Waals surface area contributed by atoms with Crippen LogP contribution in [0.3, 0.4) is 0 Å². The van der Waals surface area contributed by atoms with Crippen LogP contribution >= 0.6 is 11.3 Å². The zero-order valence-electron chi connectivity index (χ0n) is 18.5. The Morgan fingerprint density at radius 1 is 1.18 bits per heavy atom. The van der Waals surface area contributed by atoms with Gasteiger partial charge in [-0.1, -0.05) is 0 Å². The number of ether oxygens (including phenoxy) is 2. The van der Waals surface area contributed by atoms with Crippen LogP contribution in [0.1, 0.15) is 11.4 Å². The molecule has 34 heavy (non-hydrogen) atoms. The highest BCUT2D eigenvalue weighted by Crippen LogP contribution is 2.26. The summed E-state index contributed by atoms with van der Waals surface area (Å²) in [6.45, 7) is 2.34. The van der Waals surface area contributed by atoms with Crippen molar-refractivity contribution in [3.63, 3.8) is 0 Å². The summed E-state index contributed by atoms with van der Waals surface area (Å²) in [7, 11) is 1.64. The molecule has 0 unspecified atom stereocenters.